The van der Waals surface area contributed by atoms with Crippen molar-refractivity contribution in [3.8, 4) is 23.0 Å². The molecule has 292 valence electrons. The molecule has 0 spiro atoms. The Kier molecular flexibility index (Phi) is 10.8. The highest BCUT2D eigenvalue weighted by Gasteiger charge is 2.44. The SMILES string of the molecule is CCC1c2cc(C)cc(C(C)(C)C)c2OP(=O)(Oc2c(Cc3cc(C)cc(C(C)(C)C)c3O)cc(C)cc2C(C)(C)C)Oc2c1cc(C)cc2C(C)(C)C. The molecule has 54 heavy (non-hydrogen) atoms. The van der Waals surface area contributed by atoms with Crippen LogP contribution in [0, 0.1) is 27.7 Å². The van der Waals surface area contributed by atoms with E-state index in [1.807, 2.05) is 6.07 Å². The van der Waals surface area contributed by atoms with Crippen LogP contribution in [0.1, 0.15) is 169 Å². The van der Waals surface area contributed by atoms with Crippen LogP contribution in [0.25, 0.3) is 0 Å². The molecule has 1 aliphatic rings. The van der Waals surface area contributed by atoms with Crippen LogP contribution in [0.2, 0.25) is 0 Å². The summed E-state index contributed by atoms with van der Waals surface area (Å²) in [5.41, 5.74) is 10.3. The van der Waals surface area contributed by atoms with Gasteiger partial charge in [-0.1, -0.05) is 161 Å². The summed E-state index contributed by atoms with van der Waals surface area (Å²) in [7, 11) is -4.49. The second-order valence-electron chi connectivity index (χ2n) is 19.9. The Bertz CT molecular complexity index is 2050. The molecule has 0 fully saturated rings. The van der Waals surface area contributed by atoms with Crippen molar-refractivity contribution in [1.29, 1.82) is 0 Å². The molecule has 1 heterocycles. The van der Waals surface area contributed by atoms with Crippen LogP contribution in [0.5, 0.6) is 23.0 Å². The molecule has 0 saturated heterocycles. The number of aromatic hydroxyl groups is 1. The average molecular weight is 753 g/mol. The topological polar surface area (TPSA) is 65.0 Å². The highest BCUT2D eigenvalue weighted by atomic mass is 31.2. The number of aryl methyl sites for hydroxylation is 4. The van der Waals surface area contributed by atoms with Gasteiger partial charge >= 0.3 is 7.82 Å². The van der Waals surface area contributed by atoms with Gasteiger partial charge in [0.25, 0.3) is 0 Å². The van der Waals surface area contributed by atoms with E-state index in [4.69, 9.17) is 13.6 Å². The van der Waals surface area contributed by atoms with Crippen molar-refractivity contribution in [1.82, 2.24) is 0 Å². The number of phosphoric acid groups is 1. The van der Waals surface area contributed by atoms with E-state index in [1.54, 1.807) is 0 Å². The van der Waals surface area contributed by atoms with E-state index in [0.29, 0.717) is 23.7 Å². The summed E-state index contributed by atoms with van der Waals surface area (Å²) in [5, 5.41) is 11.7. The number of fused-ring (bicyclic) bond motifs is 2. The summed E-state index contributed by atoms with van der Waals surface area (Å²) in [6.45, 7) is 36.2. The van der Waals surface area contributed by atoms with Gasteiger partial charge in [0.1, 0.15) is 23.0 Å². The molecule has 0 radical (unpaired) electrons. The van der Waals surface area contributed by atoms with Gasteiger partial charge in [-0.2, -0.15) is 4.57 Å². The maximum atomic E-state index is 16.0. The van der Waals surface area contributed by atoms with Crippen molar-refractivity contribution in [2.75, 3.05) is 0 Å². The summed E-state index contributed by atoms with van der Waals surface area (Å²) in [4.78, 5) is 0. The van der Waals surface area contributed by atoms with E-state index < -0.39 is 13.2 Å². The second-order valence-corrected chi connectivity index (χ2v) is 21.4. The van der Waals surface area contributed by atoms with Gasteiger partial charge in [-0.05, 0) is 72.5 Å². The smallest absolute Gasteiger partial charge is 0.507 e. The molecule has 0 aromatic heterocycles. The van der Waals surface area contributed by atoms with E-state index >= 15 is 4.57 Å². The number of phenolic OH excluding ortho intramolecular Hbond substituents is 1. The number of hydrogen-bond acceptors (Lipinski definition) is 5. The van der Waals surface area contributed by atoms with Crippen LogP contribution < -0.4 is 13.6 Å². The van der Waals surface area contributed by atoms with Crippen LogP contribution in [-0.4, -0.2) is 5.11 Å². The van der Waals surface area contributed by atoms with Crippen LogP contribution in [0.15, 0.2) is 48.5 Å². The molecule has 6 heteroatoms. The zero-order valence-electron chi connectivity index (χ0n) is 36.1. The van der Waals surface area contributed by atoms with Crippen molar-refractivity contribution < 1.29 is 23.2 Å². The minimum atomic E-state index is -4.49. The Morgan fingerprint density at radius 3 is 1.35 bits per heavy atom. The van der Waals surface area contributed by atoms with Gasteiger partial charge in [-0.3, -0.25) is 0 Å². The molecule has 0 amide bonds. The maximum Gasteiger partial charge on any atom is 0.647 e. The standard InChI is InChI=1S/C48H65O5P/c1-18-34-35-21-30(4)25-39(47(12,13)14)43(35)52-54(50,53-44-36(34)22-31(5)26-40(44)48(15,16)17)51-42-33(20-29(3)24-38(42)46(9,10)11)27-32-19-28(2)23-37(41(32)49)45(6,7)8/h19-26,34,49H,18,27H2,1-17H3. The summed E-state index contributed by atoms with van der Waals surface area (Å²) in [6.07, 6.45) is 1.16. The lowest BCUT2D eigenvalue weighted by Crippen LogP contribution is -2.23. The second kappa shape index (κ2) is 14.1. The number of hydrogen-bond donors (Lipinski definition) is 1. The minimum Gasteiger partial charge on any atom is -0.507 e. The Hall–Kier alpha value is -3.69. The predicted octanol–water partition coefficient (Wildman–Crippen LogP) is 13.9. The third-order valence-corrected chi connectivity index (χ3v) is 11.8. The lowest BCUT2D eigenvalue weighted by molar-refractivity contribution is 0.283. The fraction of sp³-hybridized carbons (Fsp3) is 0.500. The highest BCUT2D eigenvalue weighted by Crippen LogP contribution is 2.60. The lowest BCUT2D eigenvalue weighted by Gasteiger charge is -2.36. The summed E-state index contributed by atoms with van der Waals surface area (Å²) in [5.74, 6) is 1.79. The Morgan fingerprint density at radius 2 is 0.944 bits per heavy atom. The lowest BCUT2D eigenvalue weighted by atomic mass is 9.77. The van der Waals surface area contributed by atoms with E-state index in [-0.39, 0.29) is 27.9 Å². The Balaban J connectivity index is 1.85. The van der Waals surface area contributed by atoms with Gasteiger partial charge in [0.2, 0.25) is 0 Å². The monoisotopic (exact) mass is 752 g/mol. The Labute approximate surface area is 326 Å². The summed E-state index contributed by atoms with van der Waals surface area (Å²) >= 11 is 0. The fourth-order valence-electron chi connectivity index (χ4n) is 7.85. The number of phenols is 1. The molecule has 0 saturated carbocycles. The molecule has 0 bridgehead atoms. The van der Waals surface area contributed by atoms with Gasteiger partial charge in [0.15, 0.2) is 0 Å². The van der Waals surface area contributed by atoms with E-state index in [9.17, 15) is 5.11 Å². The highest BCUT2D eigenvalue weighted by molar-refractivity contribution is 7.49. The zero-order chi connectivity index (χ0) is 40.5. The average Bonchev–Trinajstić information content (AvgIpc) is 2.99. The first-order chi connectivity index (χ1) is 24.6. The molecule has 5 nitrogen and oxygen atoms in total. The molecule has 0 aliphatic carbocycles. The molecule has 5 rings (SSSR count). The fourth-order valence-corrected chi connectivity index (χ4v) is 9.25. The van der Waals surface area contributed by atoms with E-state index in [0.717, 1.165) is 73.2 Å². The third-order valence-electron chi connectivity index (χ3n) is 10.5. The zero-order valence-corrected chi connectivity index (χ0v) is 37.0. The van der Waals surface area contributed by atoms with Crippen molar-refractivity contribution in [3.63, 3.8) is 0 Å². The first-order valence-corrected chi connectivity index (χ1v) is 21.0. The quantitative estimate of drug-likeness (QED) is 0.206. The first-order valence-electron chi connectivity index (χ1n) is 19.6. The molecule has 1 N–H and O–H groups in total. The number of benzene rings is 4. The summed E-state index contributed by atoms with van der Waals surface area (Å²) in [6, 6.07) is 16.9. The molecule has 0 unspecified atom stereocenters. The van der Waals surface area contributed by atoms with E-state index in [2.05, 4.69) is 160 Å². The van der Waals surface area contributed by atoms with Gasteiger partial charge in [-0.25, -0.2) is 0 Å². The number of rotatable bonds is 5. The molecule has 4 aromatic carbocycles. The number of phosphoric ester groups is 1. The van der Waals surface area contributed by atoms with Crippen LogP contribution in [0.3, 0.4) is 0 Å². The van der Waals surface area contributed by atoms with E-state index in [1.165, 1.54) is 0 Å². The van der Waals surface area contributed by atoms with Crippen molar-refractivity contribution in [2.45, 2.75) is 158 Å². The predicted molar refractivity (Wildman–Crippen MR) is 226 cm³/mol. The minimum absolute atomic E-state index is 0.0628. The van der Waals surface area contributed by atoms with Crippen LogP contribution in [0.4, 0.5) is 0 Å². The molecule has 1 aliphatic heterocycles. The van der Waals surface area contributed by atoms with Crippen molar-refractivity contribution in [3.05, 3.63) is 115 Å². The van der Waals surface area contributed by atoms with Crippen molar-refractivity contribution in [2.24, 2.45) is 0 Å². The molecular weight excluding hydrogens is 687 g/mol. The van der Waals surface area contributed by atoms with Crippen LogP contribution in [-0.2, 0) is 32.6 Å². The molecule has 0 atom stereocenters. The molecule has 4 aromatic rings. The van der Waals surface area contributed by atoms with Gasteiger partial charge < -0.3 is 18.7 Å². The molecular formula is C48H65O5P. The normalized spacial score (nSPS) is 17.8. The van der Waals surface area contributed by atoms with Gasteiger partial charge in [0, 0.05) is 40.2 Å². The van der Waals surface area contributed by atoms with Gasteiger partial charge in [0.05, 0.1) is 0 Å². The van der Waals surface area contributed by atoms with Crippen LogP contribution >= 0.6 is 7.82 Å². The largest absolute Gasteiger partial charge is 0.647 e. The van der Waals surface area contributed by atoms with Crippen molar-refractivity contribution >= 4 is 7.82 Å². The third kappa shape index (κ3) is 8.42. The first kappa shape index (κ1) is 41.5. The summed E-state index contributed by atoms with van der Waals surface area (Å²) < 4.78 is 36.8. The Morgan fingerprint density at radius 1 is 0.574 bits per heavy atom. The maximum absolute atomic E-state index is 16.0. The van der Waals surface area contributed by atoms with Gasteiger partial charge in [-0.15, -0.1) is 0 Å².